The van der Waals surface area contributed by atoms with Gasteiger partial charge in [0.25, 0.3) is 0 Å². The van der Waals surface area contributed by atoms with E-state index in [1.54, 1.807) is 0 Å². The summed E-state index contributed by atoms with van der Waals surface area (Å²) in [5, 5.41) is 7.15. The van der Waals surface area contributed by atoms with Crippen molar-refractivity contribution >= 4 is 5.91 Å². The van der Waals surface area contributed by atoms with Crippen molar-refractivity contribution in [3.8, 4) is 0 Å². The summed E-state index contributed by atoms with van der Waals surface area (Å²) in [6, 6.07) is 0. The van der Waals surface area contributed by atoms with Crippen molar-refractivity contribution in [2.75, 3.05) is 19.6 Å². The minimum atomic E-state index is -0.112. The van der Waals surface area contributed by atoms with Crippen LogP contribution in [0.2, 0.25) is 0 Å². The second kappa shape index (κ2) is 7.90. The fourth-order valence-corrected chi connectivity index (χ4v) is 2.86. The van der Waals surface area contributed by atoms with Gasteiger partial charge in [-0.3, -0.25) is 9.69 Å². The fourth-order valence-electron chi connectivity index (χ4n) is 2.86. The molecule has 6 nitrogen and oxygen atoms in total. The van der Waals surface area contributed by atoms with Gasteiger partial charge in [0.15, 0.2) is 5.82 Å². The predicted octanol–water partition coefficient (Wildman–Crippen LogP) is 2.50. The highest BCUT2D eigenvalue weighted by Gasteiger charge is 2.24. The highest BCUT2D eigenvalue weighted by molar-refractivity contribution is 5.75. The minimum absolute atomic E-state index is 0.112. The zero-order chi connectivity index (χ0) is 16.9. The van der Waals surface area contributed by atoms with Crippen molar-refractivity contribution in [1.82, 2.24) is 20.4 Å². The molecule has 130 valence electrons. The average molecular weight is 322 g/mol. The Morgan fingerprint density at radius 2 is 2.22 bits per heavy atom. The molecule has 1 fully saturated rings. The van der Waals surface area contributed by atoms with Crippen molar-refractivity contribution in [2.24, 2.45) is 5.92 Å². The van der Waals surface area contributed by atoms with Crippen molar-refractivity contribution in [3.05, 3.63) is 11.7 Å². The Morgan fingerprint density at radius 1 is 1.43 bits per heavy atom. The number of carbonyl (C=O) groups excluding carboxylic acids is 1. The molecule has 1 N–H and O–H groups in total. The number of rotatable bonds is 6. The summed E-state index contributed by atoms with van der Waals surface area (Å²) in [4.78, 5) is 18.5. The van der Waals surface area contributed by atoms with E-state index in [9.17, 15) is 4.79 Å². The van der Waals surface area contributed by atoms with E-state index in [0.717, 1.165) is 44.8 Å². The Hall–Kier alpha value is -1.43. The maximum absolute atomic E-state index is 11.6. The van der Waals surface area contributed by atoms with E-state index in [1.165, 1.54) is 6.42 Å². The summed E-state index contributed by atoms with van der Waals surface area (Å²) >= 11 is 0. The highest BCUT2D eigenvalue weighted by atomic mass is 16.5. The third-order valence-corrected chi connectivity index (χ3v) is 4.14. The van der Waals surface area contributed by atoms with E-state index >= 15 is 0 Å². The van der Waals surface area contributed by atoms with Crippen LogP contribution in [0.4, 0.5) is 0 Å². The van der Waals surface area contributed by atoms with Crippen molar-refractivity contribution in [2.45, 2.75) is 65.3 Å². The first kappa shape index (κ1) is 17.9. The molecule has 0 unspecified atom stereocenters. The molecule has 1 aliphatic rings. The zero-order valence-corrected chi connectivity index (χ0v) is 14.9. The molecule has 1 amide bonds. The van der Waals surface area contributed by atoms with E-state index in [-0.39, 0.29) is 11.3 Å². The molecule has 1 aromatic rings. The maximum Gasteiger partial charge on any atom is 0.232 e. The van der Waals surface area contributed by atoms with E-state index in [0.29, 0.717) is 18.2 Å². The van der Waals surface area contributed by atoms with Crippen molar-refractivity contribution < 1.29 is 9.32 Å². The second-order valence-corrected chi connectivity index (χ2v) is 7.56. The van der Waals surface area contributed by atoms with Crippen LogP contribution in [0.25, 0.3) is 0 Å². The van der Waals surface area contributed by atoms with E-state index in [4.69, 9.17) is 4.52 Å². The van der Waals surface area contributed by atoms with Crippen LogP contribution in [-0.2, 0) is 16.8 Å². The quantitative estimate of drug-likeness (QED) is 0.871. The van der Waals surface area contributed by atoms with Crippen LogP contribution in [0.5, 0.6) is 0 Å². The molecule has 0 aliphatic carbocycles. The van der Waals surface area contributed by atoms with Gasteiger partial charge in [-0.2, -0.15) is 4.98 Å². The van der Waals surface area contributed by atoms with Gasteiger partial charge in [-0.15, -0.1) is 0 Å². The lowest BCUT2D eigenvalue weighted by atomic mass is 9.97. The molecular formula is C17H30N4O2. The Balaban J connectivity index is 1.82. The number of carbonyl (C=O) groups is 1. The number of likely N-dealkylation sites (tertiary alicyclic amines) is 1. The Labute approximate surface area is 139 Å². The average Bonchev–Trinajstić information content (AvgIpc) is 2.94. The molecule has 0 aromatic carbocycles. The van der Waals surface area contributed by atoms with Gasteiger partial charge in [-0.05, 0) is 31.7 Å². The van der Waals surface area contributed by atoms with Crippen LogP contribution in [0.1, 0.15) is 65.1 Å². The highest BCUT2D eigenvalue weighted by Crippen LogP contribution is 2.21. The number of nitrogens with one attached hydrogen (secondary N) is 1. The summed E-state index contributed by atoms with van der Waals surface area (Å²) in [7, 11) is 0. The van der Waals surface area contributed by atoms with Gasteiger partial charge in [0.2, 0.25) is 11.8 Å². The van der Waals surface area contributed by atoms with Crippen LogP contribution in [-0.4, -0.2) is 40.6 Å². The summed E-state index contributed by atoms with van der Waals surface area (Å²) in [6.45, 7) is 11.8. The van der Waals surface area contributed by atoms with Crippen LogP contribution in [0, 0.1) is 5.92 Å². The monoisotopic (exact) mass is 322 g/mol. The largest absolute Gasteiger partial charge is 0.356 e. The molecule has 1 atom stereocenters. The molecule has 2 heterocycles. The molecule has 0 bridgehead atoms. The van der Waals surface area contributed by atoms with Crippen molar-refractivity contribution in [3.63, 3.8) is 0 Å². The van der Waals surface area contributed by atoms with Crippen LogP contribution in [0.3, 0.4) is 0 Å². The summed E-state index contributed by atoms with van der Waals surface area (Å²) in [5.74, 6) is 2.12. The smallest absolute Gasteiger partial charge is 0.232 e. The Morgan fingerprint density at radius 3 is 2.87 bits per heavy atom. The lowest BCUT2D eigenvalue weighted by Crippen LogP contribution is -2.40. The van der Waals surface area contributed by atoms with E-state index in [2.05, 4.69) is 41.1 Å². The lowest BCUT2D eigenvalue weighted by molar-refractivity contribution is -0.121. The zero-order valence-electron chi connectivity index (χ0n) is 14.9. The number of aromatic nitrogens is 2. The Kier molecular flexibility index (Phi) is 6.16. The number of piperidine rings is 1. The number of hydrogen-bond acceptors (Lipinski definition) is 5. The lowest BCUT2D eigenvalue weighted by Gasteiger charge is -2.31. The summed E-state index contributed by atoms with van der Waals surface area (Å²) in [5.41, 5.74) is -0.112. The summed E-state index contributed by atoms with van der Waals surface area (Å²) < 4.78 is 5.36. The van der Waals surface area contributed by atoms with Gasteiger partial charge in [-0.1, -0.05) is 32.9 Å². The third kappa shape index (κ3) is 5.61. The third-order valence-electron chi connectivity index (χ3n) is 4.14. The SMILES string of the molecule is CCCC(=O)NC[C@@H]1CCCN(Cc2noc(C(C)(C)C)n2)C1. The van der Waals surface area contributed by atoms with Crippen molar-refractivity contribution in [1.29, 1.82) is 0 Å². The van der Waals surface area contributed by atoms with Gasteiger partial charge < -0.3 is 9.84 Å². The topological polar surface area (TPSA) is 71.3 Å². The van der Waals surface area contributed by atoms with Gasteiger partial charge in [0.1, 0.15) is 0 Å². The molecule has 0 saturated carbocycles. The number of amides is 1. The number of hydrogen-bond donors (Lipinski definition) is 1. The van der Waals surface area contributed by atoms with Crippen LogP contribution >= 0.6 is 0 Å². The van der Waals surface area contributed by atoms with Crippen LogP contribution in [0.15, 0.2) is 4.52 Å². The van der Waals surface area contributed by atoms with Gasteiger partial charge in [0, 0.05) is 24.9 Å². The molecule has 23 heavy (non-hydrogen) atoms. The number of nitrogens with zero attached hydrogens (tertiary/aromatic N) is 3. The molecule has 2 rings (SSSR count). The van der Waals surface area contributed by atoms with Gasteiger partial charge in [-0.25, -0.2) is 0 Å². The fraction of sp³-hybridized carbons (Fsp3) is 0.824. The Bertz CT molecular complexity index is 507. The molecule has 1 aromatic heterocycles. The minimum Gasteiger partial charge on any atom is -0.356 e. The first-order valence-corrected chi connectivity index (χ1v) is 8.70. The normalized spacial score (nSPS) is 19.7. The maximum atomic E-state index is 11.6. The van der Waals surface area contributed by atoms with Gasteiger partial charge >= 0.3 is 0 Å². The molecule has 1 aliphatic heterocycles. The summed E-state index contributed by atoms with van der Waals surface area (Å²) in [6.07, 6.45) is 3.84. The van der Waals surface area contributed by atoms with Gasteiger partial charge in [0.05, 0.1) is 6.54 Å². The molecule has 0 spiro atoms. The first-order valence-electron chi connectivity index (χ1n) is 8.70. The molecule has 6 heteroatoms. The van der Waals surface area contributed by atoms with E-state index < -0.39 is 0 Å². The first-order chi connectivity index (χ1) is 10.9. The van der Waals surface area contributed by atoms with E-state index in [1.807, 2.05) is 6.92 Å². The molecule has 0 radical (unpaired) electrons. The molecule has 1 saturated heterocycles. The standard InChI is InChI=1S/C17H30N4O2/c1-5-7-15(22)18-10-13-8-6-9-21(11-13)12-14-19-16(23-20-14)17(2,3)4/h13H,5-12H2,1-4H3,(H,18,22)/t13-/m0/s1. The molecular weight excluding hydrogens is 292 g/mol. The van der Waals surface area contributed by atoms with Crippen LogP contribution < -0.4 is 5.32 Å². The predicted molar refractivity (Wildman–Crippen MR) is 88.9 cm³/mol. The second-order valence-electron chi connectivity index (χ2n) is 7.56.